The molecule has 0 bridgehead atoms. The largest absolute Gasteiger partial charge is 0.497 e. The summed E-state index contributed by atoms with van der Waals surface area (Å²) < 4.78 is 4.99. The summed E-state index contributed by atoms with van der Waals surface area (Å²) in [5.74, 6) is -1.41. The van der Waals surface area contributed by atoms with E-state index in [-0.39, 0.29) is 23.1 Å². The van der Waals surface area contributed by atoms with Crippen LogP contribution in [0.2, 0.25) is 0 Å². The number of aromatic carboxylic acids is 1. The number of carbonyl (C=O) groups is 3. The van der Waals surface area contributed by atoms with Crippen molar-refractivity contribution in [2.24, 2.45) is 5.92 Å². The van der Waals surface area contributed by atoms with E-state index in [4.69, 9.17) is 4.74 Å². The zero-order valence-corrected chi connectivity index (χ0v) is 13.8. The van der Waals surface area contributed by atoms with Crippen molar-refractivity contribution in [3.63, 3.8) is 0 Å². The minimum atomic E-state index is -1.17. The minimum absolute atomic E-state index is 0.0317. The number of benzene rings is 1. The van der Waals surface area contributed by atoms with Gasteiger partial charge in [0.15, 0.2) is 0 Å². The number of carboxylic acids is 1. The van der Waals surface area contributed by atoms with E-state index in [1.165, 1.54) is 19.2 Å². The molecule has 1 aromatic carbocycles. The van der Waals surface area contributed by atoms with Crippen molar-refractivity contribution in [3.05, 3.63) is 23.8 Å². The van der Waals surface area contributed by atoms with Crippen LogP contribution in [0.4, 0.5) is 5.69 Å². The van der Waals surface area contributed by atoms with Crippen molar-refractivity contribution in [2.45, 2.75) is 38.6 Å². The van der Waals surface area contributed by atoms with Gasteiger partial charge in [-0.25, -0.2) is 4.79 Å². The second kappa shape index (κ2) is 7.81. The van der Waals surface area contributed by atoms with Gasteiger partial charge in [-0.15, -0.1) is 0 Å². The summed E-state index contributed by atoms with van der Waals surface area (Å²) in [7, 11) is 1.43. The number of anilines is 1. The van der Waals surface area contributed by atoms with E-state index in [1.54, 1.807) is 13.0 Å². The topological polar surface area (TPSA) is 105 Å². The van der Waals surface area contributed by atoms with Crippen molar-refractivity contribution in [2.75, 3.05) is 12.4 Å². The lowest BCUT2D eigenvalue weighted by Crippen LogP contribution is -2.43. The number of rotatable bonds is 6. The third-order valence-corrected chi connectivity index (χ3v) is 4.19. The number of hydrogen-bond donors (Lipinski definition) is 3. The second-order valence-corrected chi connectivity index (χ2v) is 5.92. The van der Waals surface area contributed by atoms with E-state index >= 15 is 0 Å². The van der Waals surface area contributed by atoms with Crippen LogP contribution in [0.15, 0.2) is 18.2 Å². The fraction of sp³-hybridized carbons (Fsp3) is 0.471. The summed E-state index contributed by atoms with van der Waals surface area (Å²) in [5.41, 5.74) is 0.0901. The number of nitrogens with one attached hydrogen (secondary N) is 2. The molecule has 1 saturated carbocycles. The first kappa shape index (κ1) is 17.8. The van der Waals surface area contributed by atoms with Crippen LogP contribution >= 0.6 is 0 Å². The smallest absolute Gasteiger partial charge is 0.337 e. The van der Waals surface area contributed by atoms with Crippen LogP contribution in [0, 0.1) is 5.92 Å². The second-order valence-electron chi connectivity index (χ2n) is 5.92. The van der Waals surface area contributed by atoms with Crippen LogP contribution in [-0.4, -0.2) is 36.0 Å². The molecule has 1 atom stereocenters. The number of carboxylic acid groups (broad SMARTS) is 1. The first-order valence-electron chi connectivity index (χ1n) is 7.95. The van der Waals surface area contributed by atoms with Gasteiger partial charge in [0, 0.05) is 5.92 Å². The van der Waals surface area contributed by atoms with Crippen LogP contribution in [0.1, 0.15) is 43.0 Å². The van der Waals surface area contributed by atoms with Crippen LogP contribution in [0.5, 0.6) is 5.75 Å². The summed E-state index contributed by atoms with van der Waals surface area (Å²) in [4.78, 5) is 35.6. The molecule has 0 radical (unpaired) electrons. The Morgan fingerprint density at radius 2 is 1.92 bits per heavy atom. The zero-order chi connectivity index (χ0) is 17.7. The Hall–Kier alpha value is -2.57. The molecule has 0 saturated heterocycles. The van der Waals surface area contributed by atoms with Crippen molar-refractivity contribution in [1.29, 1.82) is 0 Å². The van der Waals surface area contributed by atoms with Gasteiger partial charge < -0.3 is 20.5 Å². The van der Waals surface area contributed by atoms with Crippen molar-refractivity contribution in [3.8, 4) is 5.75 Å². The van der Waals surface area contributed by atoms with Gasteiger partial charge in [0.05, 0.1) is 18.4 Å². The Balaban J connectivity index is 2.03. The highest BCUT2D eigenvalue weighted by Gasteiger charge is 2.26. The maximum atomic E-state index is 12.2. The highest BCUT2D eigenvalue weighted by molar-refractivity contribution is 6.03. The van der Waals surface area contributed by atoms with Crippen molar-refractivity contribution < 1.29 is 24.2 Å². The van der Waals surface area contributed by atoms with E-state index in [1.807, 2.05) is 0 Å². The van der Waals surface area contributed by atoms with E-state index < -0.39 is 17.9 Å². The molecule has 0 aliphatic heterocycles. The number of ether oxygens (including phenoxy) is 1. The molecule has 2 rings (SSSR count). The molecule has 24 heavy (non-hydrogen) atoms. The highest BCUT2D eigenvalue weighted by Crippen LogP contribution is 2.25. The molecule has 3 N–H and O–H groups in total. The van der Waals surface area contributed by atoms with Crippen molar-refractivity contribution >= 4 is 23.5 Å². The molecule has 1 aliphatic rings. The molecule has 1 unspecified atom stereocenters. The molecule has 2 amide bonds. The fourth-order valence-corrected chi connectivity index (χ4v) is 2.76. The summed E-state index contributed by atoms with van der Waals surface area (Å²) in [6.07, 6.45) is 3.77. The molecule has 0 heterocycles. The van der Waals surface area contributed by atoms with E-state index in [2.05, 4.69) is 10.6 Å². The third-order valence-electron chi connectivity index (χ3n) is 4.19. The van der Waals surface area contributed by atoms with Crippen LogP contribution in [0.3, 0.4) is 0 Å². The lowest BCUT2D eigenvalue weighted by Gasteiger charge is -2.17. The Morgan fingerprint density at radius 3 is 2.50 bits per heavy atom. The summed E-state index contributed by atoms with van der Waals surface area (Å²) in [6, 6.07) is 3.61. The average molecular weight is 334 g/mol. The van der Waals surface area contributed by atoms with Gasteiger partial charge in [-0.3, -0.25) is 9.59 Å². The standard InChI is InChI=1S/C17H22N2O5/c1-10(18-16(21)11-5-3-4-6-11)15(20)19-14-8-7-12(24-2)9-13(14)17(22)23/h7-11H,3-6H2,1-2H3,(H,18,21)(H,19,20)(H,22,23). The molecule has 7 heteroatoms. The molecule has 130 valence electrons. The molecule has 1 fully saturated rings. The van der Waals surface area contributed by atoms with Gasteiger partial charge >= 0.3 is 5.97 Å². The average Bonchev–Trinajstić information content (AvgIpc) is 3.09. The number of carbonyl (C=O) groups excluding carboxylic acids is 2. The number of hydrogen-bond acceptors (Lipinski definition) is 4. The normalized spacial score (nSPS) is 15.6. The minimum Gasteiger partial charge on any atom is -0.497 e. The molecule has 7 nitrogen and oxygen atoms in total. The van der Waals surface area contributed by atoms with Gasteiger partial charge in [-0.05, 0) is 38.0 Å². The van der Waals surface area contributed by atoms with Crippen LogP contribution < -0.4 is 15.4 Å². The Bertz CT molecular complexity index is 638. The maximum absolute atomic E-state index is 12.2. The quantitative estimate of drug-likeness (QED) is 0.738. The molecular formula is C17H22N2O5. The summed E-state index contributed by atoms with van der Waals surface area (Å²) in [5, 5.41) is 14.5. The van der Waals surface area contributed by atoms with E-state index in [0.717, 1.165) is 25.7 Å². The zero-order valence-electron chi connectivity index (χ0n) is 13.8. The monoisotopic (exact) mass is 334 g/mol. The van der Waals surface area contributed by atoms with Crippen molar-refractivity contribution in [1.82, 2.24) is 5.32 Å². The first-order valence-corrected chi connectivity index (χ1v) is 7.95. The van der Waals surface area contributed by atoms with E-state index in [0.29, 0.717) is 5.75 Å². The summed E-state index contributed by atoms with van der Waals surface area (Å²) in [6.45, 7) is 1.58. The summed E-state index contributed by atoms with van der Waals surface area (Å²) >= 11 is 0. The predicted octanol–water partition coefficient (Wildman–Crippen LogP) is 2.03. The van der Waals surface area contributed by atoms with Crippen LogP contribution in [-0.2, 0) is 9.59 Å². The van der Waals surface area contributed by atoms with Gasteiger partial charge in [-0.2, -0.15) is 0 Å². The van der Waals surface area contributed by atoms with Crippen LogP contribution in [0.25, 0.3) is 0 Å². The molecule has 1 aliphatic carbocycles. The molecule has 0 aromatic heterocycles. The lowest BCUT2D eigenvalue weighted by molar-refractivity contribution is -0.128. The van der Waals surface area contributed by atoms with Gasteiger partial charge in [0.25, 0.3) is 0 Å². The van der Waals surface area contributed by atoms with E-state index in [9.17, 15) is 19.5 Å². The van der Waals surface area contributed by atoms with Gasteiger partial charge in [0.1, 0.15) is 11.8 Å². The Labute approximate surface area is 140 Å². The number of amides is 2. The third kappa shape index (κ3) is 4.24. The molecule has 1 aromatic rings. The fourth-order valence-electron chi connectivity index (χ4n) is 2.76. The predicted molar refractivity (Wildman–Crippen MR) is 88.1 cm³/mol. The SMILES string of the molecule is COc1ccc(NC(=O)C(C)NC(=O)C2CCCC2)c(C(=O)O)c1. The Kier molecular flexibility index (Phi) is 5.78. The molecular weight excluding hydrogens is 312 g/mol. The molecule has 0 spiro atoms. The maximum Gasteiger partial charge on any atom is 0.337 e. The first-order chi connectivity index (χ1) is 11.4. The number of methoxy groups -OCH3 is 1. The highest BCUT2D eigenvalue weighted by atomic mass is 16.5. The van der Waals surface area contributed by atoms with Gasteiger partial charge in [0.2, 0.25) is 11.8 Å². The van der Waals surface area contributed by atoms with Gasteiger partial charge in [-0.1, -0.05) is 12.8 Å². The Morgan fingerprint density at radius 1 is 1.25 bits per heavy atom. The lowest BCUT2D eigenvalue weighted by atomic mass is 10.1.